The quantitative estimate of drug-likeness (QED) is 0.778. The number of imidazole rings is 1. The van der Waals surface area contributed by atoms with Crippen molar-refractivity contribution in [2.24, 2.45) is 0 Å². The minimum atomic E-state index is -0.406. The van der Waals surface area contributed by atoms with Crippen molar-refractivity contribution < 1.29 is 14.3 Å². The fraction of sp³-hybridized carbons (Fsp3) is 0.462. The molecule has 6 heteroatoms. The molecule has 1 unspecified atom stereocenters. The van der Waals surface area contributed by atoms with Crippen LogP contribution in [0.1, 0.15) is 23.8 Å². The molecule has 0 saturated carbocycles. The van der Waals surface area contributed by atoms with Crippen molar-refractivity contribution in [1.82, 2.24) is 14.5 Å². The highest BCUT2D eigenvalue weighted by atomic mass is 16.5. The molecule has 3 heterocycles. The second-order valence-corrected chi connectivity index (χ2v) is 4.44. The standard InChI is InChI=1S/C13H15N3O3/c1-2-18-13(17)11-4-3-10-12(15-11)16(8-14-10)7-9-5-6-19-9/h3-4,8-9H,2,5-7H2,1H3. The highest BCUT2D eigenvalue weighted by Crippen LogP contribution is 2.17. The first-order chi connectivity index (χ1) is 9.28. The van der Waals surface area contributed by atoms with Crippen molar-refractivity contribution in [3.63, 3.8) is 0 Å². The number of hydrogen-bond acceptors (Lipinski definition) is 5. The number of aromatic nitrogens is 3. The Morgan fingerprint density at radius 3 is 3.11 bits per heavy atom. The van der Waals surface area contributed by atoms with Gasteiger partial charge in [-0.15, -0.1) is 0 Å². The summed E-state index contributed by atoms with van der Waals surface area (Å²) in [5, 5.41) is 0. The summed E-state index contributed by atoms with van der Waals surface area (Å²) in [6.45, 7) is 3.65. The Kier molecular flexibility index (Phi) is 3.16. The third-order valence-electron chi connectivity index (χ3n) is 3.14. The SMILES string of the molecule is CCOC(=O)c1ccc2ncn(CC3CCO3)c2n1. The third kappa shape index (κ3) is 2.31. The van der Waals surface area contributed by atoms with Gasteiger partial charge in [0.25, 0.3) is 0 Å². The van der Waals surface area contributed by atoms with Crippen LogP contribution in [0.15, 0.2) is 18.5 Å². The molecule has 0 amide bonds. The van der Waals surface area contributed by atoms with Gasteiger partial charge in [-0.2, -0.15) is 0 Å². The van der Waals surface area contributed by atoms with Crippen LogP contribution >= 0.6 is 0 Å². The first kappa shape index (κ1) is 12.1. The highest BCUT2D eigenvalue weighted by molar-refractivity contribution is 5.89. The maximum absolute atomic E-state index is 11.7. The molecule has 0 radical (unpaired) electrons. The van der Waals surface area contributed by atoms with Crippen LogP contribution in [0.3, 0.4) is 0 Å². The second kappa shape index (κ2) is 4.97. The number of carbonyl (C=O) groups excluding carboxylic acids is 1. The maximum atomic E-state index is 11.7. The van der Waals surface area contributed by atoms with E-state index in [1.807, 2.05) is 4.57 Å². The van der Waals surface area contributed by atoms with E-state index >= 15 is 0 Å². The molecular formula is C13H15N3O3. The van der Waals surface area contributed by atoms with Gasteiger partial charge < -0.3 is 14.0 Å². The average molecular weight is 261 g/mol. The molecule has 6 nitrogen and oxygen atoms in total. The molecule has 0 aliphatic carbocycles. The number of rotatable bonds is 4. The highest BCUT2D eigenvalue weighted by Gasteiger charge is 2.20. The Hall–Kier alpha value is -1.95. The average Bonchev–Trinajstić information content (AvgIpc) is 2.76. The Balaban J connectivity index is 1.90. The number of nitrogens with zero attached hydrogens (tertiary/aromatic N) is 3. The zero-order valence-electron chi connectivity index (χ0n) is 10.7. The summed E-state index contributed by atoms with van der Waals surface area (Å²) in [6.07, 6.45) is 3.01. The van der Waals surface area contributed by atoms with Crippen LogP contribution in [-0.2, 0) is 16.0 Å². The summed E-state index contributed by atoms with van der Waals surface area (Å²) < 4.78 is 12.3. The molecule has 0 aromatic carbocycles. The summed E-state index contributed by atoms with van der Waals surface area (Å²) in [5.41, 5.74) is 1.78. The zero-order chi connectivity index (χ0) is 13.2. The van der Waals surface area contributed by atoms with Crippen LogP contribution in [0.2, 0.25) is 0 Å². The lowest BCUT2D eigenvalue weighted by atomic mass is 10.2. The normalized spacial score (nSPS) is 18.3. The van der Waals surface area contributed by atoms with Crippen LogP contribution in [-0.4, -0.2) is 39.8 Å². The minimum Gasteiger partial charge on any atom is -0.461 e. The first-order valence-electron chi connectivity index (χ1n) is 6.38. The maximum Gasteiger partial charge on any atom is 0.357 e. The third-order valence-corrected chi connectivity index (χ3v) is 3.14. The number of fused-ring (bicyclic) bond motifs is 1. The Morgan fingerprint density at radius 2 is 2.42 bits per heavy atom. The predicted molar refractivity (Wildman–Crippen MR) is 67.8 cm³/mol. The molecule has 0 bridgehead atoms. The summed E-state index contributed by atoms with van der Waals surface area (Å²) in [4.78, 5) is 20.3. The van der Waals surface area contributed by atoms with Crippen LogP contribution in [0.4, 0.5) is 0 Å². The summed E-state index contributed by atoms with van der Waals surface area (Å²) in [5.74, 6) is -0.406. The van der Waals surface area contributed by atoms with Gasteiger partial charge in [0.05, 0.1) is 25.6 Å². The summed E-state index contributed by atoms with van der Waals surface area (Å²) >= 11 is 0. The molecule has 1 fully saturated rings. The van der Waals surface area contributed by atoms with Gasteiger partial charge in [-0.05, 0) is 25.5 Å². The van der Waals surface area contributed by atoms with E-state index in [-0.39, 0.29) is 6.10 Å². The molecule has 100 valence electrons. The van der Waals surface area contributed by atoms with Crippen LogP contribution in [0, 0.1) is 0 Å². The van der Waals surface area contributed by atoms with Crippen molar-refractivity contribution in [2.75, 3.05) is 13.2 Å². The molecule has 3 rings (SSSR count). The van der Waals surface area contributed by atoms with Gasteiger partial charge >= 0.3 is 5.97 Å². The van der Waals surface area contributed by atoms with Gasteiger partial charge in [0.15, 0.2) is 11.3 Å². The van der Waals surface area contributed by atoms with E-state index in [9.17, 15) is 4.79 Å². The summed E-state index contributed by atoms with van der Waals surface area (Å²) in [7, 11) is 0. The Bertz CT molecular complexity index is 604. The van der Waals surface area contributed by atoms with Crippen molar-refractivity contribution >= 4 is 17.1 Å². The van der Waals surface area contributed by atoms with Crippen LogP contribution in [0.5, 0.6) is 0 Å². The predicted octanol–water partition coefficient (Wildman–Crippen LogP) is 1.40. The minimum absolute atomic E-state index is 0.227. The summed E-state index contributed by atoms with van der Waals surface area (Å²) in [6, 6.07) is 3.42. The van der Waals surface area contributed by atoms with E-state index in [1.54, 1.807) is 25.4 Å². The lowest BCUT2D eigenvalue weighted by molar-refractivity contribution is -0.0587. The number of pyridine rings is 1. The van der Waals surface area contributed by atoms with Crippen molar-refractivity contribution in [3.8, 4) is 0 Å². The molecule has 1 atom stereocenters. The van der Waals surface area contributed by atoms with Crippen molar-refractivity contribution in [3.05, 3.63) is 24.2 Å². The van der Waals surface area contributed by atoms with Gasteiger partial charge in [-0.3, -0.25) is 0 Å². The molecule has 0 spiro atoms. The van der Waals surface area contributed by atoms with E-state index in [1.165, 1.54) is 0 Å². The number of hydrogen-bond donors (Lipinski definition) is 0. The smallest absolute Gasteiger partial charge is 0.357 e. The Labute approximate surface area is 110 Å². The van der Waals surface area contributed by atoms with E-state index in [0.29, 0.717) is 17.9 Å². The monoisotopic (exact) mass is 261 g/mol. The molecule has 2 aromatic heterocycles. The van der Waals surface area contributed by atoms with Crippen LogP contribution < -0.4 is 0 Å². The van der Waals surface area contributed by atoms with Gasteiger partial charge in [0.1, 0.15) is 5.52 Å². The van der Waals surface area contributed by atoms with E-state index in [0.717, 1.165) is 25.1 Å². The van der Waals surface area contributed by atoms with Crippen molar-refractivity contribution in [2.45, 2.75) is 26.0 Å². The zero-order valence-corrected chi connectivity index (χ0v) is 10.7. The van der Waals surface area contributed by atoms with Crippen LogP contribution in [0.25, 0.3) is 11.2 Å². The molecule has 19 heavy (non-hydrogen) atoms. The Morgan fingerprint density at radius 1 is 1.58 bits per heavy atom. The molecule has 1 aliphatic rings. The van der Waals surface area contributed by atoms with Gasteiger partial charge in [0.2, 0.25) is 0 Å². The fourth-order valence-electron chi connectivity index (χ4n) is 2.04. The first-order valence-corrected chi connectivity index (χ1v) is 6.38. The van der Waals surface area contributed by atoms with E-state index in [4.69, 9.17) is 9.47 Å². The lowest BCUT2D eigenvalue weighted by Gasteiger charge is -2.26. The number of esters is 1. The molecule has 1 saturated heterocycles. The van der Waals surface area contributed by atoms with Gasteiger partial charge in [-0.1, -0.05) is 0 Å². The second-order valence-electron chi connectivity index (χ2n) is 4.44. The molecule has 0 N–H and O–H groups in total. The fourth-order valence-corrected chi connectivity index (χ4v) is 2.04. The van der Waals surface area contributed by atoms with Crippen molar-refractivity contribution in [1.29, 1.82) is 0 Å². The van der Waals surface area contributed by atoms with Gasteiger partial charge in [0, 0.05) is 6.61 Å². The molecular weight excluding hydrogens is 246 g/mol. The molecule has 2 aromatic rings. The molecule has 1 aliphatic heterocycles. The van der Waals surface area contributed by atoms with Gasteiger partial charge in [-0.25, -0.2) is 14.8 Å². The topological polar surface area (TPSA) is 66.2 Å². The largest absolute Gasteiger partial charge is 0.461 e. The number of ether oxygens (including phenoxy) is 2. The number of carbonyl (C=O) groups is 1. The van der Waals surface area contributed by atoms with E-state index < -0.39 is 5.97 Å². The van der Waals surface area contributed by atoms with E-state index in [2.05, 4.69) is 9.97 Å². The lowest BCUT2D eigenvalue weighted by Crippen LogP contribution is -2.31.